The Balaban J connectivity index is 1.61. The zero-order chi connectivity index (χ0) is 21.1. The van der Waals surface area contributed by atoms with Gasteiger partial charge in [-0.25, -0.2) is 4.98 Å². The Morgan fingerprint density at radius 2 is 1.90 bits per heavy atom. The molecule has 1 atom stereocenters. The van der Waals surface area contributed by atoms with E-state index in [1.165, 1.54) is 11.8 Å². The first-order chi connectivity index (χ1) is 14.6. The Labute approximate surface area is 178 Å². The lowest BCUT2D eigenvalue weighted by Gasteiger charge is -2.20. The molecule has 0 aliphatic heterocycles. The molecule has 152 valence electrons. The number of rotatable bonds is 5. The number of fused-ring (bicyclic) bond motifs is 1. The summed E-state index contributed by atoms with van der Waals surface area (Å²) < 4.78 is 1.80. The third-order valence-corrected chi connectivity index (χ3v) is 6.46. The maximum Gasteiger partial charge on any atom is 0.262 e. The summed E-state index contributed by atoms with van der Waals surface area (Å²) in [5, 5.41) is 12.5. The fraction of sp³-hybridized carbons (Fsp3) is 0.304. The molecule has 30 heavy (non-hydrogen) atoms. The number of hydrogen-bond acceptors (Lipinski definition) is 5. The topological polar surface area (TPSA) is 87.8 Å². The lowest BCUT2D eigenvalue weighted by Crippen LogP contribution is -2.29. The van der Waals surface area contributed by atoms with Crippen molar-refractivity contribution >= 4 is 34.3 Å². The van der Waals surface area contributed by atoms with Gasteiger partial charge in [-0.1, -0.05) is 36.7 Å². The maximum atomic E-state index is 13.2. The number of carbonyl (C=O) groups excluding carboxylic acids is 1. The number of nitrogens with one attached hydrogen (secondary N) is 1. The Morgan fingerprint density at radius 3 is 2.60 bits per heavy atom. The summed E-state index contributed by atoms with van der Waals surface area (Å²) in [6, 6.07) is 16.3. The lowest BCUT2D eigenvalue weighted by molar-refractivity contribution is -0.115. The van der Waals surface area contributed by atoms with Crippen LogP contribution < -0.4 is 10.9 Å². The van der Waals surface area contributed by atoms with E-state index in [1.807, 2.05) is 31.2 Å². The minimum absolute atomic E-state index is 0.0327. The van der Waals surface area contributed by atoms with E-state index < -0.39 is 5.25 Å². The fourth-order valence-corrected chi connectivity index (χ4v) is 4.76. The summed E-state index contributed by atoms with van der Waals surface area (Å²) in [5.41, 5.74) is 1.79. The first-order valence-electron chi connectivity index (χ1n) is 10.1. The van der Waals surface area contributed by atoms with Crippen molar-refractivity contribution in [1.29, 1.82) is 5.26 Å². The second kappa shape index (κ2) is 8.72. The minimum Gasteiger partial charge on any atom is -0.325 e. The number of benzene rings is 2. The van der Waals surface area contributed by atoms with Gasteiger partial charge in [0.1, 0.15) is 0 Å². The van der Waals surface area contributed by atoms with E-state index in [1.54, 1.807) is 28.8 Å². The average molecular weight is 419 g/mol. The third-order valence-electron chi connectivity index (χ3n) is 5.40. The van der Waals surface area contributed by atoms with Crippen molar-refractivity contribution in [3.8, 4) is 6.07 Å². The predicted octanol–water partition coefficient (Wildman–Crippen LogP) is 4.50. The van der Waals surface area contributed by atoms with Crippen molar-refractivity contribution in [2.45, 2.75) is 49.1 Å². The van der Waals surface area contributed by atoms with Crippen LogP contribution >= 0.6 is 11.8 Å². The van der Waals surface area contributed by atoms with Gasteiger partial charge in [-0.3, -0.25) is 14.2 Å². The van der Waals surface area contributed by atoms with E-state index in [-0.39, 0.29) is 17.5 Å². The van der Waals surface area contributed by atoms with Crippen LogP contribution in [0.1, 0.15) is 44.2 Å². The Morgan fingerprint density at radius 1 is 1.20 bits per heavy atom. The highest BCUT2D eigenvalue weighted by Gasteiger charge is 2.25. The van der Waals surface area contributed by atoms with Crippen LogP contribution in [0.2, 0.25) is 0 Å². The van der Waals surface area contributed by atoms with Gasteiger partial charge >= 0.3 is 0 Å². The highest BCUT2D eigenvalue weighted by Crippen LogP contribution is 2.33. The van der Waals surface area contributed by atoms with Crippen LogP contribution in [-0.4, -0.2) is 20.7 Å². The zero-order valence-corrected chi connectivity index (χ0v) is 17.5. The molecule has 1 amide bonds. The SMILES string of the molecule is C[C@@H](Sc1nc2ccccc2c(=O)n1C1CCCC1)C(=O)Nc1ccc(C#N)cc1. The van der Waals surface area contributed by atoms with Gasteiger partial charge in [0.05, 0.1) is 27.8 Å². The van der Waals surface area contributed by atoms with E-state index in [2.05, 4.69) is 11.4 Å². The molecule has 7 heteroatoms. The second-order valence-electron chi connectivity index (χ2n) is 7.46. The van der Waals surface area contributed by atoms with Crippen LogP contribution in [0.5, 0.6) is 0 Å². The fourth-order valence-electron chi connectivity index (χ4n) is 3.78. The monoisotopic (exact) mass is 418 g/mol. The summed E-state index contributed by atoms with van der Waals surface area (Å²) in [6.45, 7) is 1.81. The molecule has 1 fully saturated rings. The van der Waals surface area contributed by atoms with Crippen molar-refractivity contribution in [1.82, 2.24) is 9.55 Å². The van der Waals surface area contributed by atoms with E-state index in [0.29, 0.717) is 27.3 Å². The van der Waals surface area contributed by atoms with Crippen LogP contribution in [-0.2, 0) is 4.79 Å². The molecule has 0 radical (unpaired) electrons. The molecule has 0 unspecified atom stereocenters. The second-order valence-corrected chi connectivity index (χ2v) is 8.77. The molecule has 4 rings (SSSR count). The van der Waals surface area contributed by atoms with Gasteiger partial charge in [-0.05, 0) is 56.2 Å². The predicted molar refractivity (Wildman–Crippen MR) is 119 cm³/mol. The van der Waals surface area contributed by atoms with Crippen LogP contribution in [0.15, 0.2) is 58.5 Å². The standard InChI is InChI=1S/C23H22N4O2S/c1-15(21(28)25-17-12-10-16(14-24)11-13-17)30-23-26-20-9-5-4-8-19(20)22(29)27(23)18-6-2-3-7-18/h4-5,8-13,15,18H,2-3,6-7H2,1H3,(H,25,28)/t15-/m1/s1. The molecule has 0 spiro atoms. The van der Waals surface area contributed by atoms with Crippen LogP contribution in [0.3, 0.4) is 0 Å². The molecule has 1 aromatic heterocycles. The molecule has 1 saturated carbocycles. The van der Waals surface area contributed by atoms with E-state index in [4.69, 9.17) is 10.2 Å². The van der Waals surface area contributed by atoms with Crippen molar-refractivity contribution in [2.75, 3.05) is 5.32 Å². The number of carbonyl (C=O) groups is 1. The zero-order valence-electron chi connectivity index (χ0n) is 16.7. The summed E-state index contributed by atoms with van der Waals surface area (Å²) in [5.74, 6) is -0.176. The number of hydrogen-bond donors (Lipinski definition) is 1. The third kappa shape index (κ3) is 4.10. The van der Waals surface area contributed by atoms with E-state index in [9.17, 15) is 9.59 Å². The minimum atomic E-state index is -0.443. The smallest absolute Gasteiger partial charge is 0.262 e. The quantitative estimate of drug-likeness (QED) is 0.487. The van der Waals surface area contributed by atoms with Gasteiger partial charge in [0.15, 0.2) is 5.16 Å². The Kier molecular flexibility index (Phi) is 5.86. The first-order valence-corrected chi connectivity index (χ1v) is 10.9. The molecule has 1 heterocycles. The molecule has 1 N–H and O–H groups in total. The number of thioether (sulfide) groups is 1. The number of nitriles is 1. The normalized spacial score (nSPS) is 15.1. The van der Waals surface area contributed by atoms with Crippen LogP contribution in [0.25, 0.3) is 10.9 Å². The van der Waals surface area contributed by atoms with Gasteiger partial charge in [-0.2, -0.15) is 5.26 Å². The van der Waals surface area contributed by atoms with E-state index >= 15 is 0 Å². The van der Waals surface area contributed by atoms with Crippen LogP contribution in [0.4, 0.5) is 5.69 Å². The molecule has 1 aliphatic rings. The molecule has 0 bridgehead atoms. The van der Waals surface area contributed by atoms with Crippen molar-refractivity contribution in [3.05, 3.63) is 64.4 Å². The first kappa shape index (κ1) is 20.2. The van der Waals surface area contributed by atoms with Gasteiger partial charge in [0.25, 0.3) is 5.56 Å². The maximum absolute atomic E-state index is 13.2. The number of aromatic nitrogens is 2. The van der Waals surface area contributed by atoms with Gasteiger partial charge in [0.2, 0.25) is 5.91 Å². The summed E-state index contributed by atoms with van der Waals surface area (Å²) in [7, 11) is 0. The summed E-state index contributed by atoms with van der Waals surface area (Å²) in [6.07, 6.45) is 4.12. The van der Waals surface area contributed by atoms with Crippen LogP contribution in [0, 0.1) is 11.3 Å². The number of amides is 1. The number of anilines is 1. The highest BCUT2D eigenvalue weighted by molar-refractivity contribution is 8.00. The molecule has 6 nitrogen and oxygen atoms in total. The molecule has 3 aromatic rings. The molecular formula is C23H22N4O2S. The number of nitrogens with zero attached hydrogens (tertiary/aromatic N) is 3. The van der Waals surface area contributed by atoms with Crippen molar-refractivity contribution < 1.29 is 4.79 Å². The molecule has 1 aliphatic carbocycles. The van der Waals surface area contributed by atoms with Crippen molar-refractivity contribution in [3.63, 3.8) is 0 Å². The summed E-state index contributed by atoms with van der Waals surface area (Å²) >= 11 is 1.31. The summed E-state index contributed by atoms with van der Waals surface area (Å²) in [4.78, 5) is 30.7. The number of para-hydroxylation sites is 1. The Hall–Kier alpha value is -3.11. The lowest BCUT2D eigenvalue weighted by atomic mass is 10.2. The van der Waals surface area contributed by atoms with Gasteiger partial charge < -0.3 is 5.32 Å². The molecule has 2 aromatic carbocycles. The Bertz CT molecular complexity index is 1170. The largest absolute Gasteiger partial charge is 0.325 e. The van der Waals surface area contributed by atoms with Gasteiger partial charge in [-0.15, -0.1) is 0 Å². The highest BCUT2D eigenvalue weighted by atomic mass is 32.2. The van der Waals surface area contributed by atoms with Gasteiger partial charge in [0, 0.05) is 11.7 Å². The molecule has 0 saturated heterocycles. The molecular weight excluding hydrogens is 396 g/mol. The van der Waals surface area contributed by atoms with E-state index in [0.717, 1.165) is 25.7 Å². The average Bonchev–Trinajstić information content (AvgIpc) is 3.28. The van der Waals surface area contributed by atoms with Crippen molar-refractivity contribution in [2.24, 2.45) is 0 Å².